The lowest BCUT2D eigenvalue weighted by Gasteiger charge is -2.08. The summed E-state index contributed by atoms with van der Waals surface area (Å²) in [6.07, 6.45) is 4.08. The number of carbonyl (C=O) groups is 3. The van der Waals surface area contributed by atoms with Gasteiger partial charge < -0.3 is 29.0 Å². The second kappa shape index (κ2) is 21.4. The van der Waals surface area contributed by atoms with E-state index in [-0.39, 0.29) is 44.3 Å². The minimum absolute atomic E-state index is 0.00903. The number of nitrogens with one attached hydrogen (secondary N) is 1. The fourth-order valence-corrected chi connectivity index (χ4v) is 2.69. The summed E-state index contributed by atoms with van der Waals surface area (Å²) in [7, 11) is 0. The molecule has 9 nitrogen and oxygen atoms in total. The summed E-state index contributed by atoms with van der Waals surface area (Å²) in [5.41, 5.74) is 0.484. The van der Waals surface area contributed by atoms with Crippen molar-refractivity contribution in [2.24, 2.45) is 0 Å². The van der Waals surface area contributed by atoms with Crippen LogP contribution in [0.5, 0.6) is 0 Å². The Balaban J connectivity index is 1.86. The fraction of sp³-hybridized carbons (Fsp3) is 0.542. The lowest BCUT2D eigenvalue weighted by Crippen LogP contribution is -2.28. The molecule has 1 amide bonds. The summed E-state index contributed by atoms with van der Waals surface area (Å²) in [5, 5.41) is 3.43. The molecular formula is C24H34BrNO8. The van der Waals surface area contributed by atoms with E-state index in [9.17, 15) is 14.4 Å². The van der Waals surface area contributed by atoms with Gasteiger partial charge in [-0.05, 0) is 0 Å². The van der Waals surface area contributed by atoms with Gasteiger partial charge in [-0.15, -0.1) is 0 Å². The van der Waals surface area contributed by atoms with E-state index >= 15 is 0 Å². The molecule has 0 aliphatic rings. The van der Waals surface area contributed by atoms with Gasteiger partial charge in [0.15, 0.2) is 12.4 Å². The first-order valence-electron chi connectivity index (χ1n) is 11.2. The van der Waals surface area contributed by atoms with Crippen molar-refractivity contribution in [3.05, 3.63) is 48.0 Å². The second-order valence-electron chi connectivity index (χ2n) is 6.84. The van der Waals surface area contributed by atoms with E-state index in [0.29, 0.717) is 51.8 Å². The van der Waals surface area contributed by atoms with E-state index in [0.717, 1.165) is 5.33 Å². The number of halogens is 1. The van der Waals surface area contributed by atoms with Crippen LogP contribution in [0.2, 0.25) is 0 Å². The van der Waals surface area contributed by atoms with E-state index in [1.807, 2.05) is 12.2 Å². The largest absolute Gasteiger partial charge is 0.457 e. The van der Waals surface area contributed by atoms with Gasteiger partial charge in [0, 0.05) is 23.9 Å². The third-order valence-electron chi connectivity index (χ3n) is 4.17. The van der Waals surface area contributed by atoms with Crippen LogP contribution in [-0.2, 0) is 33.3 Å². The van der Waals surface area contributed by atoms with Crippen LogP contribution in [0, 0.1) is 0 Å². The van der Waals surface area contributed by atoms with Gasteiger partial charge in [-0.3, -0.25) is 14.4 Å². The second-order valence-corrected chi connectivity index (χ2v) is 7.49. The van der Waals surface area contributed by atoms with Crippen molar-refractivity contribution in [1.29, 1.82) is 0 Å². The fourth-order valence-electron chi connectivity index (χ4n) is 2.42. The Morgan fingerprint density at radius 2 is 1.41 bits per heavy atom. The van der Waals surface area contributed by atoms with E-state index in [2.05, 4.69) is 21.2 Å². The van der Waals surface area contributed by atoms with Gasteiger partial charge in [0.05, 0.1) is 59.3 Å². The van der Waals surface area contributed by atoms with Crippen molar-refractivity contribution >= 4 is 33.6 Å². The number of carbonyl (C=O) groups excluding carboxylic acids is 3. The van der Waals surface area contributed by atoms with E-state index in [1.165, 1.54) is 0 Å². The SMILES string of the molecule is O=C(CCOCCOCCOCCOC/C=C/CBr)NCCC(=O)OCC(=O)c1ccccc1. The minimum Gasteiger partial charge on any atom is -0.457 e. The maximum Gasteiger partial charge on any atom is 0.308 e. The quantitative estimate of drug-likeness (QED) is 0.0826. The zero-order valence-electron chi connectivity index (χ0n) is 19.4. The maximum absolute atomic E-state index is 11.9. The summed E-state index contributed by atoms with van der Waals surface area (Å²) in [5.74, 6) is -1.05. The average Bonchev–Trinajstić information content (AvgIpc) is 2.85. The third-order valence-corrected chi connectivity index (χ3v) is 4.54. The standard InChI is InChI=1S/C24H34BrNO8/c25-10-4-5-12-30-14-16-32-18-19-33-17-15-31-13-9-23(28)26-11-8-24(29)34-20-22(27)21-6-2-1-3-7-21/h1-7H,8-20H2,(H,26,28)/b5-4+. The van der Waals surface area contributed by atoms with Gasteiger partial charge in [-0.2, -0.15) is 0 Å². The van der Waals surface area contributed by atoms with Crippen molar-refractivity contribution in [2.75, 3.05) is 71.3 Å². The van der Waals surface area contributed by atoms with E-state index in [4.69, 9.17) is 23.7 Å². The molecular weight excluding hydrogens is 510 g/mol. The third kappa shape index (κ3) is 17.4. The highest BCUT2D eigenvalue weighted by Crippen LogP contribution is 2.00. The first-order chi connectivity index (χ1) is 16.6. The first kappa shape index (κ1) is 29.9. The molecule has 0 radical (unpaired) electrons. The molecule has 0 aliphatic carbocycles. The highest BCUT2D eigenvalue weighted by atomic mass is 79.9. The minimum atomic E-state index is -0.545. The number of allylic oxidation sites excluding steroid dienone is 1. The smallest absolute Gasteiger partial charge is 0.308 e. The molecule has 0 spiro atoms. The number of hydrogen-bond acceptors (Lipinski definition) is 8. The van der Waals surface area contributed by atoms with Crippen molar-refractivity contribution in [2.45, 2.75) is 12.8 Å². The van der Waals surface area contributed by atoms with Gasteiger partial charge in [0.2, 0.25) is 5.91 Å². The van der Waals surface area contributed by atoms with E-state index < -0.39 is 5.97 Å². The Bertz CT molecular complexity index is 714. The van der Waals surface area contributed by atoms with Crippen LogP contribution in [0.15, 0.2) is 42.5 Å². The highest BCUT2D eigenvalue weighted by Gasteiger charge is 2.10. The van der Waals surface area contributed by atoms with Crippen LogP contribution in [-0.4, -0.2) is 89.0 Å². The summed E-state index contributed by atoms with van der Waals surface area (Å²) in [6, 6.07) is 8.59. The summed E-state index contributed by atoms with van der Waals surface area (Å²) >= 11 is 3.29. The number of rotatable bonds is 21. The summed E-state index contributed by atoms with van der Waals surface area (Å²) in [6.45, 7) is 3.42. The predicted molar refractivity (Wildman–Crippen MR) is 130 cm³/mol. The van der Waals surface area contributed by atoms with Crippen LogP contribution in [0.3, 0.4) is 0 Å². The molecule has 0 aliphatic heterocycles. The zero-order valence-corrected chi connectivity index (χ0v) is 21.0. The van der Waals surface area contributed by atoms with Crippen LogP contribution >= 0.6 is 15.9 Å². The van der Waals surface area contributed by atoms with Gasteiger partial charge in [-0.1, -0.05) is 58.4 Å². The highest BCUT2D eigenvalue weighted by molar-refractivity contribution is 9.09. The number of ketones is 1. The molecule has 0 unspecified atom stereocenters. The molecule has 1 rings (SSSR count). The molecule has 0 saturated carbocycles. The zero-order chi connectivity index (χ0) is 24.7. The van der Waals surface area contributed by atoms with Crippen molar-refractivity contribution < 1.29 is 38.1 Å². The molecule has 0 atom stereocenters. The monoisotopic (exact) mass is 543 g/mol. The lowest BCUT2D eigenvalue weighted by molar-refractivity contribution is -0.142. The first-order valence-corrected chi connectivity index (χ1v) is 12.3. The topological polar surface area (TPSA) is 109 Å². The van der Waals surface area contributed by atoms with Gasteiger partial charge in [0.25, 0.3) is 0 Å². The number of esters is 1. The molecule has 0 saturated heterocycles. The lowest BCUT2D eigenvalue weighted by atomic mass is 10.1. The Kier molecular flexibility index (Phi) is 18.9. The number of alkyl halides is 1. The number of benzene rings is 1. The molecule has 0 bridgehead atoms. The van der Waals surface area contributed by atoms with Crippen molar-refractivity contribution in [1.82, 2.24) is 5.32 Å². The Hall–Kier alpha value is -2.11. The van der Waals surface area contributed by atoms with Gasteiger partial charge in [0.1, 0.15) is 0 Å². The molecule has 190 valence electrons. The maximum atomic E-state index is 11.9. The summed E-state index contributed by atoms with van der Waals surface area (Å²) < 4.78 is 26.4. The Morgan fingerprint density at radius 3 is 2.06 bits per heavy atom. The van der Waals surface area contributed by atoms with Crippen LogP contribution in [0.4, 0.5) is 0 Å². The number of amides is 1. The summed E-state index contributed by atoms with van der Waals surface area (Å²) in [4.78, 5) is 35.3. The molecule has 0 fully saturated rings. The number of Topliss-reactive ketones (excluding diaryl/α,β-unsaturated/α-hetero) is 1. The average molecular weight is 544 g/mol. The van der Waals surface area contributed by atoms with Crippen LogP contribution in [0.25, 0.3) is 0 Å². The molecule has 1 N–H and O–H groups in total. The number of ether oxygens (including phenoxy) is 5. The number of hydrogen-bond donors (Lipinski definition) is 1. The van der Waals surface area contributed by atoms with E-state index in [1.54, 1.807) is 30.3 Å². The molecule has 1 aromatic rings. The van der Waals surface area contributed by atoms with Gasteiger partial charge in [-0.25, -0.2) is 0 Å². The normalized spacial score (nSPS) is 11.0. The molecule has 0 aromatic heterocycles. The predicted octanol–water partition coefficient (Wildman–Crippen LogP) is 2.33. The van der Waals surface area contributed by atoms with Crippen LogP contribution in [0.1, 0.15) is 23.2 Å². The van der Waals surface area contributed by atoms with Crippen LogP contribution < -0.4 is 5.32 Å². The molecule has 34 heavy (non-hydrogen) atoms. The Labute approximate surface area is 209 Å². The Morgan fingerprint density at radius 1 is 0.794 bits per heavy atom. The molecule has 0 heterocycles. The van der Waals surface area contributed by atoms with Crippen molar-refractivity contribution in [3.63, 3.8) is 0 Å². The molecule has 1 aromatic carbocycles. The molecule has 10 heteroatoms. The van der Waals surface area contributed by atoms with Crippen molar-refractivity contribution in [3.8, 4) is 0 Å². The van der Waals surface area contributed by atoms with Gasteiger partial charge >= 0.3 is 5.97 Å².